The number of nitrogens with one attached hydrogen (secondary N) is 1. The average Bonchev–Trinajstić information content (AvgIpc) is 2.70. The lowest BCUT2D eigenvalue weighted by molar-refractivity contribution is 0.316. The molecule has 0 radical (unpaired) electrons. The number of aromatic nitrogens is 3. The maximum absolute atomic E-state index is 8.35. The van der Waals surface area contributed by atoms with Crippen molar-refractivity contribution < 1.29 is 5.21 Å². The number of hydrogen-bond acceptors (Lipinski definition) is 5. The average molecular weight is 226 g/mol. The Morgan fingerprint density at radius 1 is 1.75 bits per heavy atom. The van der Waals surface area contributed by atoms with Crippen LogP contribution in [0, 0.1) is 0 Å². The van der Waals surface area contributed by atoms with E-state index in [1.807, 2.05) is 18.5 Å². The minimum Gasteiger partial charge on any atom is -0.409 e. The molecule has 16 heavy (non-hydrogen) atoms. The maximum Gasteiger partial charge on any atom is 0.149 e. The predicted molar refractivity (Wildman–Crippen MR) is 60.1 cm³/mol. The van der Waals surface area contributed by atoms with Gasteiger partial charge in [-0.3, -0.25) is 0 Å². The molecule has 7 nitrogen and oxygen atoms in total. The Morgan fingerprint density at radius 3 is 3.06 bits per heavy atom. The number of hydrogen-bond donors (Lipinski definition) is 3. The Hall–Kier alpha value is -1.63. The van der Waals surface area contributed by atoms with E-state index in [0.29, 0.717) is 6.42 Å². The Balaban J connectivity index is 2.26. The summed E-state index contributed by atoms with van der Waals surface area (Å²) < 4.78 is 1.88. The van der Waals surface area contributed by atoms with Crippen LogP contribution in [0.4, 0.5) is 0 Å². The first-order valence-corrected chi connectivity index (χ1v) is 5.18. The van der Waals surface area contributed by atoms with E-state index in [9.17, 15) is 0 Å². The van der Waals surface area contributed by atoms with Gasteiger partial charge in [0.2, 0.25) is 0 Å². The summed E-state index contributed by atoms with van der Waals surface area (Å²) in [4.78, 5) is 0. The Labute approximate surface area is 94.3 Å². The third-order valence-electron chi connectivity index (χ3n) is 2.32. The fourth-order valence-corrected chi connectivity index (χ4v) is 1.41. The van der Waals surface area contributed by atoms with Crippen molar-refractivity contribution in [3.05, 3.63) is 12.2 Å². The first-order valence-electron chi connectivity index (χ1n) is 5.18. The second-order valence-corrected chi connectivity index (χ2v) is 3.67. The summed E-state index contributed by atoms with van der Waals surface area (Å²) in [5.74, 6) is 1.15. The summed E-state index contributed by atoms with van der Waals surface area (Å²) in [6.07, 6.45) is 3.07. The quantitative estimate of drug-likeness (QED) is 0.208. The second-order valence-electron chi connectivity index (χ2n) is 3.67. The van der Waals surface area contributed by atoms with Gasteiger partial charge in [0.15, 0.2) is 0 Å². The molecule has 0 aromatic carbocycles. The molecule has 1 unspecified atom stereocenters. The lowest BCUT2D eigenvalue weighted by atomic mass is 10.2. The van der Waals surface area contributed by atoms with Crippen molar-refractivity contribution in [1.29, 1.82) is 0 Å². The van der Waals surface area contributed by atoms with Crippen LogP contribution in [0.1, 0.15) is 31.6 Å². The van der Waals surface area contributed by atoms with Crippen molar-refractivity contribution in [1.82, 2.24) is 20.1 Å². The molecule has 0 spiro atoms. The minimum absolute atomic E-state index is 0.139. The van der Waals surface area contributed by atoms with Crippen molar-refractivity contribution in [2.45, 2.75) is 25.8 Å². The van der Waals surface area contributed by atoms with Crippen LogP contribution < -0.4 is 11.1 Å². The molecular formula is C9H18N6O. The molecule has 1 rings (SSSR count). The van der Waals surface area contributed by atoms with Crippen molar-refractivity contribution in [2.24, 2.45) is 17.9 Å². The minimum atomic E-state index is 0.139. The summed E-state index contributed by atoms with van der Waals surface area (Å²) in [6, 6.07) is 0.139. The van der Waals surface area contributed by atoms with E-state index < -0.39 is 0 Å². The van der Waals surface area contributed by atoms with Gasteiger partial charge < -0.3 is 20.8 Å². The van der Waals surface area contributed by atoms with Crippen LogP contribution in [-0.2, 0) is 7.05 Å². The van der Waals surface area contributed by atoms with E-state index in [1.165, 1.54) is 0 Å². The Bertz CT molecular complexity index is 348. The van der Waals surface area contributed by atoms with Gasteiger partial charge in [0, 0.05) is 13.5 Å². The molecule has 1 atom stereocenters. The first kappa shape index (κ1) is 12.4. The molecule has 0 bridgehead atoms. The maximum atomic E-state index is 8.35. The van der Waals surface area contributed by atoms with Crippen molar-refractivity contribution in [2.75, 3.05) is 6.54 Å². The number of rotatable bonds is 6. The van der Waals surface area contributed by atoms with Gasteiger partial charge >= 0.3 is 0 Å². The fraction of sp³-hybridized carbons (Fsp3) is 0.667. The zero-order valence-electron chi connectivity index (χ0n) is 9.59. The zero-order valence-corrected chi connectivity index (χ0v) is 9.59. The van der Waals surface area contributed by atoms with Gasteiger partial charge in [-0.15, -0.1) is 10.2 Å². The molecule has 0 aliphatic rings. The van der Waals surface area contributed by atoms with E-state index in [-0.39, 0.29) is 11.9 Å². The van der Waals surface area contributed by atoms with Crippen LogP contribution in [0.15, 0.2) is 11.5 Å². The summed E-state index contributed by atoms with van der Waals surface area (Å²) in [5.41, 5.74) is 5.35. The Kier molecular flexibility index (Phi) is 4.71. The van der Waals surface area contributed by atoms with Gasteiger partial charge in [-0.2, -0.15) is 0 Å². The van der Waals surface area contributed by atoms with Crippen LogP contribution in [0.3, 0.4) is 0 Å². The standard InChI is InChI=1S/C9H18N6O/c1-7(9-13-12-6-15(9)2)11-5-3-4-8(10)14-16/h6-7,11,16H,3-5H2,1-2H3,(H2,10,14). The lowest BCUT2D eigenvalue weighted by Crippen LogP contribution is -2.23. The largest absolute Gasteiger partial charge is 0.409 e. The van der Waals surface area contributed by atoms with Gasteiger partial charge in [-0.05, 0) is 19.9 Å². The molecule has 0 saturated carbocycles. The molecule has 0 aliphatic heterocycles. The summed E-state index contributed by atoms with van der Waals surface area (Å²) in [6.45, 7) is 2.80. The van der Waals surface area contributed by atoms with Crippen molar-refractivity contribution in [3.63, 3.8) is 0 Å². The number of aryl methyl sites for hydroxylation is 1. The smallest absolute Gasteiger partial charge is 0.149 e. The number of amidine groups is 1. The molecule has 7 heteroatoms. The highest BCUT2D eigenvalue weighted by molar-refractivity contribution is 5.79. The highest BCUT2D eigenvalue weighted by Crippen LogP contribution is 2.06. The highest BCUT2D eigenvalue weighted by Gasteiger charge is 2.09. The first-order chi connectivity index (χ1) is 7.65. The Morgan fingerprint density at radius 2 is 2.50 bits per heavy atom. The molecule has 1 heterocycles. The molecule has 1 aromatic heterocycles. The molecule has 0 amide bonds. The summed E-state index contributed by atoms with van der Waals surface area (Å²) in [5, 5.41) is 22.4. The van der Waals surface area contributed by atoms with Gasteiger partial charge in [-0.1, -0.05) is 5.16 Å². The van der Waals surface area contributed by atoms with Gasteiger partial charge in [0.25, 0.3) is 0 Å². The number of oxime groups is 1. The summed E-state index contributed by atoms with van der Waals surface area (Å²) >= 11 is 0. The van der Waals surface area contributed by atoms with E-state index in [4.69, 9.17) is 10.9 Å². The van der Waals surface area contributed by atoms with Crippen molar-refractivity contribution in [3.8, 4) is 0 Å². The predicted octanol–water partition coefficient (Wildman–Crippen LogP) is -0.00770. The topological polar surface area (TPSA) is 101 Å². The fourth-order valence-electron chi connectivity index (χ4n) is 1.41. The third kappa shape index (κ3) is 3.50. The third-order valence-corrected chi connectivity index (χ3v) is 2.32. The van der Waals surface area contributed by atoms with Crippen LogP contribution in [0.2, 0.25) is 0 Å². The zero-order chi connectivity index (χ0) is 12.0. The van der Waals surface area contributed by atoms with E-state index in [2.05, 4.69) is 20.7 Å². The second kappa shape index (κ2) is 6.06. The normalized spacial score (nSPS) is 14.0. The summed E-state index contributed by atoms with van der Waals surface area (Å²) in [7, 11) is 1.91. The number of nitrogens with two attached hydrogens (primary N) is 1. The monoisotopic (exact) mass is 226 g/mol. The molecule has 0 fully saturated rings. The molecule has 1 aromatic rings. The SMILES string of the molecule is CC(NCCCC(N)=NO)c1nncn1C. The van der Waals surface area contributed by atoms with Crippen molar-refractivity contribution >= 4 is 5.84 Å². The lowest BCUT2D eigenvalue weighted by Gasteiger charge is -2.12. The molecule has 0 aliphatic carbocycles. The van der Waals surface area contributed by atoms with Crippen LogP contribution in [-0.4, -0.2) is 32.4 Å². The molecule has 0 saturated heterocycles. The van der Waals surface area contributed by atoms with Gasteiger partial charge in [0.1, 0.15) is 18.0 Å². The van der Waals surface area contributed by atoms with Crippen LogP contribution in [0.5, 0.6) is 0 Å². The van der Waals surface area contributed by atoms with Gasteiger partial charge in [-0.25, -0.2) is 0 Å². The molecule has 4 N–H and O–H groups in total. The van der Waals surface area contributed by atoms with E-state index >= 15 is 0 Å². The number of nitrogens with zero attached hydrogens (tertiary/aromatic N) is 4. The highest BCUT2D eigenvalue weighted by atomic mass is 16.4. The molecular weight excluding hydrogens is 208 g/mol. The van der Waals surface area contributed by atoms with E-state index in [1.54, 1.807) is 6.33 Å². The van der Waals surface area contributed by atoms with Crippen LogP contribution >= 0.6 is 0 Å². The van der Waals surface area contributed by atoms with Gasteiger partial charge in [0.05, 0.1) is 6.04 Å². The van der Waals surface area contributed by atoms with E-state index in [0.717, 1.165) is 18.8 Å². The van der Waals surface area contributed by atoms with Crippen LogP contribution in [0.25, 0.3) is 0 Å². The molecule has 90 valence electrons.